The van der Waals surface area contributed by atoms with E-state index in [0.29, 0.717) is 5.56 Å². The van der Waals surface area contributed by atoms with E-state index in [1.165, 1.54) is 0 Å². The minimum atomic E-state index is -0.906. The number of rotatable bonds is 4. The van der Waals surface area contributed by atoms with Gasteiger partial charge in [0, 0.05) is 18.2 Å². The fraction of sp³-hybridized carbons (Fsp3) is 0.308. The first kappa shape index (κ1) is 12.1. The third kappa shape index (κ3) is 3.66. The number of carbonyl (C=O) groups is 1. The Morgan fingerprint density at radius 1 is 1.44 bits per heavy atom. The number of hydrogen-bond donors (Lipinski definition) is 2. The topological polar surface area (TPSA) is 49.3 Å². The van der Waals surface area contributed by atoms with Crippen molar-refractivity contribution in [3.63, 3.8) is 0 Å². The van der Waals surface area contributed by atoms with Crippen molar-refractivity contribution in [2.45, 2.75) is 26.3 Å². The van der Waals surface area contributed by atoms with E-state index < -0.39 is 5.97 Å². The molecule has 0 bridgehead atoms. The van der Waals surface area contributed by atoms with E-state index in [2.05, 4.69) is 17.2 Å². The van der Waals surface area contributed by atoms with E-state index in [9.17, 15) is 4.79 Å². The maximum Gasteiger partial charge on any atom is 0.335 e. The summed E-state index contributed by atoms with van der Waals surface area (Å²) in [6.07, 6.45) is 0.775. The number of hydrogen-bond acceptors (Lipinski definition) is 2. The number of anilines is 1. The van der Waals surface area contributed by atoms with Gasteiger partial charge in [0.25, 0.3) is 0 Å². The summed E-state index contributed by atoms with van der Waals surface area (Å²) in [6.45, 7) is 3.85. The van der Waals surface area contributed by atoms with Crippen LogP contribution in [-0.4, -0.2) is 17.1 Å². The number of aromatic carboxylic acids is 1. The Balaban J connectivity index is 2.60. The quantitative estimate of drug-likeness (QED) is 0.762. The molecule has 1 aromatic rings. The van der Waals surface area contributed by atoms with Gasteiger partial charge in [0.2, 0.25) is 0 Å². The molecule has 3 heteroatoms. The SMILES string of the molecule is CC#CCC(C)Nc1ccc(C(=O)O)cc1. The third-order valence-electron chi connectivity index (χ3n) is 2.13. The van der Waals surface area contributed by atoms with Crippen molar-refractivity contribution in [3.8, 4) is 11.8 Å². The molecule has 0 saturated carbocycles. The minimum absolute atomic E-state index is 0.253. The molecule has 1 unspecified atom stereocenters. The molecule has 2 N–H and O–H groups in total. The Morgan fingerprint density at radius 3 is 2.56 bits per heavy atom. The lowest BCUT2D eigenvalue weighted by molar-refractivity contribution is 0.0697. The molecule has 0 fully saturated rings. The second-order valence-corrected chi connectivity index (χ2v) is 3.56. The van der Waals surface area contributed by atoms with Crippen LogP contribution in [0.5, 0.6) is 0 Å². The molecule has 0 aliphatic rings. The molecule has 0 spiro atoms. The van der Waals surface area contributed by atoms with E-state index >= 15 is 0 Å². The van der Waals surface area contributed by atoms with Gasteiger partial charge in [-0.1, -0.05) is 0 Å². The molecule has 0 aliphatic heterocycles. The number of nitrogens with one attached hydrogen (secondary N) is 1. The first-order valence-electron chi connectivity index (χ1n) is 5.13. The standard InChI is InChI=1S/C13H15NO2/c1-3-4-5-10(2)14-12-8-6-11(7-9-12)13(15)16/h6-10,14H,5H2,1-2H3,(H,15,16). The van der Waals surface area contributed by atoms with Crippen LogP contribution in [-0.2, 0) is 0 Å². The summed E-state index contributed by atoms with van der Waals surface area (Å²) in [5.41, 5.74) is 1.21. The maximum atomic E-state index is 10.6. The highest BCUT2D eigenvalue weighted by molar-refractivity contribution is 5.87. The van der Waals surface area contributed by atoms with Crippen LogP contribution in [0.3, 0.4) is 0 Å². The van der Waals surface area contributed by atoms with E-state index in [1.54, 1.807) is 24.3 Å². The monoisotopic (exact) mass is 217 g/mol. The normalized spacial score (nSPS) is 11.1. The zero-order chi connectivity index (χ0) is 12.0. The fourth-order valence-corrected chi connectivity index (χ4v) is 1.30. The van der Waals surface area contributed by atoms with Gasteiger partial charge >= 0.3 is 5.97 Å². The summed E-state index contributed by atoms with van der Waals surface area (Å²) in [5, 5.41) is 12.0. The van der Waals surface area contributed by atoms with Crippen LogP contribution in [0.4, 0.5) is 5.69 Å². The summed E-state index contributed by atoms with van der Waals surface area (Å²) < 4.78 is 0. The number of carboxylic acids is 1. The first-order valence-corrected chi connectivity index (χ1v) is 5.13. The van der Waals surface area contributed by atoms with Crippen molar-refractivity contribution in [2.24, 2.45) is 0 Å². The van der Waals surface area contributed by atoms with Gasteiger partial charge in [0.15, 0.2) is 0 Å². The highest BCUT2D eigenvalue weighted by Crippen LogP contribution is 2.11. The Labute approximate surface area is 95.5 Å². The minimum Gasteiger partial charge on any atom is -0.478 e. The van der Waals surface area contributed by atoms with Gasteiger partial charge in [-0.3, -0.25) is 0 Å². The van der Waals surface area contributed by atoms with Gasteiger partial charge in [-0.15, -0.1) is 11.8 Å². The van der Waals surface area contributed by atoms with Gasteiger partial charge < -0.3 is 10.4 Å². The van der Waals surface area contributed by atoms with Crippen LogP contribution in [0, 0.1) is 11.8 Å². The molecule has 0 heterocycles. The predicted octanol–water partition coefficient (Wildman–Crippen LogP) is 2.60. The molecule has 1 atom stereocenters. The van der Waals surface area contributed by atoms with Crippen LogP contribution >= 0.6 is 0 Å². The van der Waals surface area contributed by atoms with Crippen molar-refractivity contribution < 1.29 is 9.90 Å². The van der Waals surface area contributed by atoms with Crippen LogP contribution in [0.1, 0.15) is 30.6 Å². The highest BCUT2D eigenvalue weighted by Gasteiger charge is 2.03. The Hall–Kier alpha value is -1.95. The summed E-state index contributed by atoms with van der Waals surface area (Å²) in [5.74, 6) is 4.93. The Morgan fingerprint density at radius 2 is 2.06 bits per heavy atom. The Kier molecular flexibility index (Phi) is 4.41. The number of benzene rings is 1. The predicted molar refractivity (Wildman–Crippen MR) is 64.6 cm³/mol. The van der Waals surface area contributed by atoms with Crippen molar-refractivity contribution in [3.05, 3.63) is 29.8 Å². The van der Waals surface area contributed by atoms with Crippen LogP contribution < -0.4 is 5.32 Å². The molecule has 0 saturated heterocycles. The Bertz CT molecular complexity index is 412. The zero-order valence-electron chi connectivity index (χ0n) is 9.45. The molecule has 16 heavy (non-hydrogen) atoms. The lowest BCUT2D eigenvalue weighted by atomic mass is 10.2. The summed E-state index contributed by atoms with van der Waals surface area (Å²) >= 11 is 0. The molecule has 1 aromatic carbocycles. The molecular formula is C13H15NO2. The van der Waals surface area contributed by atoms with E-state index in [1.807, 2.05) is 13.8 Å². The van der Waals surface area contributed by atoms with Gasteiger partial charge in [-0.25, -0.2) is 4.79 Å². The molecule has 3 nitrogen and oxygen atoms in total. The van der Waals surface area contributed by atoms with E-state index in [-0.39, 0.29) is 6.04 Å². The molecule has 84 valence electrons. The highest BCUT2D eigenvalue weighted by atomic mass is 16.4. The average molecular weight is 217 g/mol. The number of carboxylic acid groups (broad SMARTS) is 1. The molecule has 1 rings (SSSR count). The van der Waals surface area contributed by atoms with Gasteiger partial charge in [-0.2, -0.15) is 0 Å². The average Bonchev–Trinajstić information content (AvgIpc) is 2.27. The van der Waals surface area contributed by atoms with Crippen molar-refractivity contribution in [1.82, 2.24) is 0 Å². The van der Waals surface area contributed by atoms with E-state index in [4.69, 9.17) is 5.11 Å². The van der Waals surface area contributed by atoms with Gasteiger partial charge in [0.05, 0.1) is 5.56 Å². The molecule has 0 aromatic heterocycles. The van der Waals surface area contributed by atoms with Crippen LogP contribution in [0.2, 0.25) is 0 Å². The molecule has 0 amide bonds. The van der Waals surface area contributed by atoms with Crippen molar-refractivity contribution in [1.29, 1.82) is 0 Å². The second kappa shape index (κ2) is 5.82. The van der Waals surface area contributed by atoms with Crippen LogP contribution in [0.25, 0.3) is 0 Å². The molecule has 0 radical (unpaired) electrons. The van der Waals surface area contributed by atoms with Gasteiger partial charge in [-0.05, 0) is 38.1 Å². The van der Waals surface area contributed by atoms with Crippen molar-refractivity contribution >= 4 is 11.7 Å². The van der Waals surface area contributed by atoms with Gasteiger partial charge in [0.1, 0.15) is 0 Å². The first-order chi connectivity index (χ1) is 7.63. The summed E-state index contributed by atoms with van der Waals surface area (Å²) in [4.78, 5) is 10.6. The maximum absolute atomic E-state index is 10.6. The van der Waals surface area contributed by atoms with Crippen molar-refractivity contribution in [2.75, 3.05) is 5.32 Å². The lowest BCUT2D eigenvalue weighted by Gasteiger charge is -2.12. The molecular weight excluding hydrogens is 202 g/mol. The molecule has 0 aliphatic carbocycles. The fourth-order valence-electron chi connectivity index (χ4n) is 1.30. The van der Waals surface area contributed by atoms with E-state index in [0.717, 1.165) is 12.1 Å². The van der Waals surface area contributed by atoms with Crippen LogP contribution in [0.15, 0.2) is 24.3 Å². The second-order valence-electron chi connectivity index (χ2n) is 3.56. The summed E-state index contributed by atoms with van der Waals surface area (Å²) in [6, 6.07) is 6.95. The zero-order valence-corrected chi connectivity index (χ0v) is 9.45. The largest absolute Gasteiger partial charge is 0.478 e. The smallest absolute Gasteiger partial charge is 0.335 e. The third-order valence-corrected chi connectivity index (χ3v) is 2.13. The summed E-state index contributed by atoms with van der Waals surface area (Å²) in [7, 11) is 0. The lowest BCUT2D eigenvalue weighted by Crippen LogP contribution is -2.14.